The summed E-state index contributed by atoms with van der Waals surface area (Å²) in [4.78, 5) is 42.1. The summed E-state index contributed by atoms with van der Waals surface area (Å²) < 4.78 is 45.2. The number of H-pyrrole nitrogens is 1. The molecule has 4 rings (SSSR count). The molecule has 15 heteroatoms. The van der Waals surface area contributed by atoms with Crippen molar-refractivity contribution in [3.8, 4) is 0 Å². The van der Waals surface area contributed by atoms with E-state index in [4.69, 9.17) is 38.8 Å². The number of nitrogens with one attached hydrogen (secondary N) is 2. The Hall–Kier alpha value is -3.26. The van der Waals surface area contributed by atoms with Crippen LogP contribution in [0.1, 0.15) is 17.5 Å². The number of aliphatic carboxylic acids is 1. The summed E-state index contributed by atoms with van der Waals surface area (Å²) in [6.07, 6.45) is 0.324. The van der Waals surface area contributed by atoms with Gasteiger partial charge in [-0.3, -0.25) is 9.69 Å². The first-order valence-corrected chi connectivity index (χ1v) is 12.6. The number of halogens is 6. The van der Waals surface area contributed by atoms with Crippen LogP contribution in [-0.4, -0.2) is 69.5 Å². The fraction of sp³-hybridized carbons (Fsp3) is 0.360. The van der Waals surface area contributed by atoms with Crippen molar-refractivity contribution < 1.29 is 37.1 Å². The van der Waals surface area contributed by atoms with Gasteiger partial charge in [-0.15, -0.1) is 0 Å². The number of nitrogens with zero attached hydrogens (tertiary/aromatic N) is 2. The van der Waals surface area contributed by atoms with Crippen LogP contribution in [0.2, 0.25) is 10.0 Å². The predicted octanol–water partition coefficient (Wildman–Crippen LogP) is 3.72. The standard InChI is InChI=1S/C23H24Cl2FN5O2.C2HF3O2/c24-18-5-13(1-2-20(18)26)3-14-6-21(22(27)33)31(11-14)16(12-32)9-28-7-15-4-17-19(25)10-30-23(17)29-8-15;3-2(4,5)1(6)7/h1-2,4-5,8,10,12,14,16,21,28H,3,6-7,9,11H2,(H2,27,33)(H,29,30);(H,6,7)/t14?,16?,21-;/m0./s1. The van der Waals surface area contributed by atoms with Gasteiger partial charge >= 0.3 is 12.1 Å². The van der Waals surface area contributed by atoms with Crippen molar-refractivity contribution in [3.63, 3.8) is 0 Å². The van der Waals surface area contributed by atoms with Gasteiger partial charge in [0.25, 0.3) is 0 Å². The number of nitrogens with two attached hydrogens (primary N) is 1. The number of carboxylic acid groups (broad SMARTS) is 1. The number of rotatable bonds is 9. The van der Waals surface area contributed by atoms with Gasteiger partial charge in [-0.05, 0) is 48.1 Å². The van der Waals surface area contributed by atoms with Gasteiger partial charge in [0, 0.05) is 37.4 Å². The van der Waals surface area contributed by atoms with Gasteiger partial charge in [0.05, 0.1) is 22.1 Å². The number of carbonyl (C=O) groups excluding carboxylic acids is 2. The van der Waals surface area contributed by atoms with Gasteiger partial charge in [0.2, 0.25) is 5.91 Å². The lowest BCUT2D eigenvalue weighted by Gasteiger charge is -2.28. The average Bonchev–Trinajstić information content (AvgIpc) is 3.47. The number of aromatic nitrogens is 2. The van der Waals surface area contributed by atoms with Crippen LogP contribution >= 0.6 is 23.2 Å². The smallest absolute Gasteiger partial charge is 0.475 e. The van der Waals surface area contributed by atoms with E-state index in [0.717, 1.165) is 22.8 Å². The van der Waals surface area contributed by atoms with Crippen LogP contribution in [-0.2, 0) is 27.3 Å². The maximum atomic E-state index is 13.5. The molecule has 40 heavy (non-hydrogen) atoms. The van der Waals surface area contributed by atoms with Gasteiger partial charge in [-0.1, -0.05) is 29.3 Å². The molecule has 216 valence electrons. The summed E-state index contributed by atoms with van der Waals surface area (Å²) in [5, 5.41) is 11.9. The summed E-state index contributed by atoms with van der Waals surface area (Å²) in [6, 6.07) is 5.50. The number of likely N-dealkylation sites (tertiary alicyclic amines) is 1. The Labute approximate surface area is 235 Å². The monoisotopic (exact) mass is 605 g/mol. The first-order valence-electron chi connectivity index (χ1n) is 11.9. The van der Waals surface area contributed by atoms with Gasteiger partial charge < -0.3 is 25.9 Å². The zero-order valence-corrected chi connectivity index (χ0v) is 22.2. The van der Waals surface area contributed by atoms with Gasteiger partial charge in [0.1, 0.15) is 17.8 Å². The maximum absolute atomic E-state index is 13.5. The van der Waals surface area contributed by atoms with E-state index in [1.54, 1.807) is 24.5 Å². The molecule has 9 nitrogen and oxygen atoms in total. The molecule has 1 aliphatic heterocycles. The molecule has 5 N–H and O–H groups in total. The molecule has 2 aromatic heterocycles. The average molecular weight is 606 g/mol. The van der Waals surface area contributed by atoms with E-state index in [0.29, 0.717) is 43.1 Å². The Bertz CT molecular complexity index is 1370. The third kappa shape index (κ3) is 8.13. The molecule has 1 saturated heterocycles. The van der Waals surface area contributed by atoms with Gasteiger partial charge in [-0.25, -0.2) is 14.2 Å². The third-order valence-corrected chi connectivity index (χ3v) is 6.91. The molecule has 3 aromatic rings. The molecular weight excluding hydrogens is 581 g/mol. The number of aromatic amines is 1. The van der Waals surface area contributed by atoms with Crippen molar-refractivity contribution in [3.05, 3.63) is 63.6 Å². The van der Waals surface area contributed by atoms with Crippen molar-refractivity contribution in [1.29, 1.82) is 0 Å². The second kappa shape index (κ2) is 13.4. The number of hydrogen-bond acceptors (Lipinski definition) is 6. The van der Waals surface area contributed by atoms with Gasteiger partial charge in [-0.2, -0.15) is 13.2 Å². The van der Waals surface area contributed by atoms with Crippen LogP contribution in [0.3, 0.4) is 0 Å². The highest BCUT2D eigenvalue weighted by atomic mass is 35.5. The molecule has 0 bridgehead atoms. The number of carbonyl (C=O) groups is 3. The van der Waals surface area contributed by atoms with E-state index >= 15 is 0 Å². The van der Waals surface area contributed by atoms with Crippen LogP contribution in [0.25, 0.3) is 11.0 Å². The topological polar surface area (TPSA) is 141 Å². The second-order valence-corrected chi connectivity index (χ2v) is 10.00. The Morgan fingerprint density at radius 3 is 2.55 bits per heavy atom. The summed E-state index contributed by atoms with van der Waals surface area (Å²) in [6.45, 7) is 1.36. The molecule has 0 spiro atoms. The number of aldehydes is 1. The zero-order valence-electron chi connectivity index (χ0n) is 20.7. The molecule has 1 aromatic carbocycles. The van der Waals surface area contributed by atoms with Crippen molar-refractivity contribution in [2.45, 2.75) is 37.6 Å². The number of carboxylic acids is 1. The molecule has 0 aliphatic carbocycles. The fourth-order valence-corrected chi connectivity index (χ4v) is 4.87. The SMILES string of the molecule is NC(=O)[C@@H]1CC(Cc2ccc(F)c(Cl)c2)CN1C(C=O)CNCc1cnc2[nH]cc(Cl)c2c1.O=C(O)C(F)(F)F. The predicted molar refractivity (Wildman–Crippen MR) is 139 cm³/mol. The van der Waals surface area contributed by atoms with E-state index < -0.39 is 36.0 Å². The number of hydrogen-bond donors (Lipinski definition) is 4. The summed E-state index contributed by atoms with van der Waals surface area (Å²) in [5.74, 6) is -3.59. The van der Waals surface area contributed by atoms with Crippen LogP contribution in [0, 0.1) is 11.7 Å². The highest BCUT2D eigenvalue weighted by Gasteiger charge is 2.39. The summed E-state index contributed by atoms with van der Waals surface area (Å²) in [7, 11) is 0. The molecule has 1 amide bonds. The van der Waals surface area contributed by atoms with Crippen molar-refractivity contribution in [2.24, 2.45) is 11.7 Å². The molecule has 2 unspecified atom stereocenters. The summed E-state index contributed by atoms with van der Waals surface area (Å²) >= 11 is 12.1. The Morgan fingerprint density at radius 2 is 1.95 bits per heavy atom. The number of pyridine rings is 1. The number of benzene rings is 1. The minimum atomic E-state index is -5.08. The molecule has 1 aliphatic rings. The van der Waals surface area contributed by atoms with Crippen LogP contribution in [0.4, 0.5) is 17.6 Å². The number of amides is 1. The second-order valence-electron chi connectivity index (χ2n) is 9.18. The van der Waals surface area contributed by atoms with Crippen LogP contribution in [0.5, 0.6) is 0 Å². The van der Waals surface area contributed by atoms with E-state index in [-0.39, 0.29) is 10.9 Å². The molecule has 3 atom stereocenters. The lowest BCUT2D eigenvalue weighted by molar-refractivity contribution is -0.192. The normalized spacial score (nSPS) is 18.2. The van der Waals surface area contributed by atoms with Crippen LogP contribution < -0.4 is 11.1 Å². The van der Waals surface area contributed by atoms with Crippen molar-refractivity contribution in [2.75, 3.05) is 13.1 Å². The van der Waals surface area contributed by atoms with E-state index in [2.05, 4.69) is 15.3 Å². The molecule has 0 saturated carbocycles. The van der Waals surface area contributed by atoms with Crippen molar-refractivity contribution >= 4 is 52.4 Å². The maximum Gasteiger partial charge on any atom is 0.490 e. The minimum absolute atomic E-state index is 0.0670. The number of primary amides is 1. The quantitative estimate of drug-likeness (QED) is 0.215. The number of fused-ring (bicyclic) bond motifs is 1. The lowest BCUT2D eigenvalue weighted by atomic mass is 9.96. The first-order chi connectivity index (χ1) is 18.8. The molecular formula is C25H25Cl2F4N5O4. The highest BCUT2D eigenvalue weighted by molar-refractivity contribution is 6.35. The molecule has 3 heterocycles. The Kier molecular flexibility index (Phi) is 10.5. The Morgan fingerprint density at radius 1 is 1.25 bits per heavy atom. The lowest BCUT2D eigenvalue weighted by Crippen LogP contribution is -2.50. The third-order valence-electron chi connectivity index (χ3n) is 6.31. The first kappa shape index (κ1) is 31.3. The number of alkyl halides is 3. The highest BCUT2D eigenvalue weighted by Crippen LogP contribution is 2.29. The van der Waals surface area contributed by atoms with Crippen molar-refractivity contribution in [1.82, 2.24) is 20.2 Å². The summed E-state index contributed by atoms with van der Waals surface area (Å²) in [5.41, 5.74) is 8.16. The minimum Gasteiger partial charge on any atom is -0.475 e. The fourth-order valence-electron chi connectivity index (χ4n) is 4.46. The zero-order chi connectivity index (χ0) is 29.6. The largest absolute Gasteiger partial charge is 0.490 e. The Balaban J connectivity index is 0.000000559. The van der Waals surface area contributed by atoms with Gasteiger partial charge in [0.15, 0.2) is 0 Å². The van der Waals surface area contributed by atoms with Crippen LogP contribution in [0.15, 0.2) is 36.7 Å². The molecule has 1 fully saturated rings. The van der Waals surface area contributed by atoms with E-state index in [1.165, 1.54) is 6.07 Å². The van der Waals surface area contributed by atoms with E-state index in [1.807, 2.05) is 11.0 Å². The molecule has 0 radical (unpaired) electrons. The van der Waals surface area contributed by atoms with E-state index in [9.17, 15) is 27.2 Å².